The van der Waals surface area contributed by atoms with Gasteiger partial charge in [0.1, 0.15) is 17.3 Å². The molecule has 2 aliphatic rings. The minimum Gasteiger partial charge on any atom is -0.457 e. The summed E-state index contributed by atoms with van der Waals surface area (Å²) in [4.78, 5) is 30.2. The molecule has 1 atom stereocenters. The normalized spacial score (nSPS) is 16.1. The zero-order valence-electron chi connectivity index (χ0n) is 21.8. The molecule has 1 aliphatic heterocycles. The minimum absolute atomic E-state index is 0.0140. The molecule has 2 aromatic heterocycles. The van der Waals surface area contributed by atoms with Gasteiger partial charge in [0.25, 0.3) is 11.2 Å². The highest BCUT2D eigenvalue weighted by atomic mass is 32.1. The third kappa shape index (κ3) is 4.25. The highest BCUT2D eigenvalue weighted by molar-refractivity contribution is 7.07. The summed E-state index contributed by atoms with van der Waals surface area (Å²) in [7, 11) is 0. The van der Waals surface area contributed by atoms with E-state index in [1.807, 2.05) is 12.1 Å². The Balaban J connectivity index is 1.36. The van der Waals surface area contributed by atoms with Gasteiger partial charge in [0.15, 0.2) is 4.80 Å². The van der Waals surface area contributed by atoms with Crippen molar-refractivity contribution in [2.24, 2.45) is 4.99 Å². The number of furan rings is 1. The molecule has 0 amide bonds. The quantitative estimate of drug-likeness (QED) is 0.200. The molecule has 5 aromatic rings. The average molecular weight is 564 g/mol. The molecule has 0 N–H and O–H groups in total. The van der Waals surface area contributed by atoms with Crippen molar-refractivity contribution < 1.29 is 13.7 Å². The predicted molar refractivity (Wildman–Crippen MR) is 155 cm³/mol. The number of thiazole rings is 1. The second kappa shape index (κ2) is 9.64. The number of aryl methyl sites for hydroxylation is 2. The third-order valence-corrected chi connectivity index (χ3v) is 8.63. The molecule has 1 aliphatic carbocycles. The van der Waals surface area contributed by atoms with Crippen LogP contribution in [0.25, 0.3) is 23.1 Å². The minimum atomic E-state index is -0.431. The summed E-state index contributed by atoms with van der Waals surface area (Å²) in [5.41, 5.74) is 6.30. The molecule has 9 heteroatoms. The zero-order chi connectivity index (χ0) is 28.2. The van der Waals surface area contributed by atoms with Gasteiger partial charge in [-0.2, -0.15) is 0 Å². The zero-order valence-corrected chi connectivity index (χ0v) is 22.7. The van der Waals surface area contributed by atoms with E-state index in [0.29, 0.717) is 26.4 Å². The molecule has 0 unspecified atom stereocenters. The summed E-state index contributed by atoms with van der Waals surface area (Å²) >= 11 is 1.29. The van der Waals surface area contributed by atoms with Crippen LogP contribution < -0.4 is 14.9 Å². The summed E-state index contributed by atoms with van der Waals surface area (Å²) in [6.07, 6.45) is 3.29. The lowest BCUT2D eigenvalue weighted by molar-refractivity contribution is -0.384. The molecule has 7 nitrogen and oxygen atoms in total. The first-order chi connectivity index (χ1) is 19.9. The van der Waals surface area contributed by atoms with Gasteiger partial charge in [-0.25, -0.2) is 9.38 Å². The molecule has 0 fully saturated rings. The largest absolute Gasteiger partial charge is 0.457 e. The molecule has 0 saturated heterocycles. The summed E-state index contributed by atoms with van der Waals surface area (Å²) in [6, 6.07) is 22.3. The molecular weight excluding hydrogens is 541 g/mol. The number of hydrogen-bond donors (Lipinski definition) is 0. The van der Waals surface area contributed by atoms with Crippen molar-refractivity contribution in [2.75, 3.05) is 0 Å². The number of non-ortho nitro benzene ring substituents is 1. The van der Waals surface area contributed by atoms with Crippen LogP contribution in [0, 0.1) is 22.9 Å². The van der Waals surface area contributed by atoms with Crippen molar-refractivity contribution in [1.82, 2.24) is 4.57 Å². The van der Waals surface area contributed by atoms with E-state index >= 15 is 0 Å². The number of nitrogens with zero attached hydrogens (tertiary/aromatic N) is 3. The molecule has 202 valence electrons. The summed E-state index contributed by atoms with van der Waals surface area (Å²) in [5, 5.41) is 11.1. The van der Waals surface area contributed by atoms with Crippen LogP contribution in [-0.4, -0.2) is 9.49 Å². The number of halogens is 1. The summed E-state index contributed by atoms with van der Waals surface area (Å²) < 4.78 is 22.1. The summed E-state index contributed by atoms with van der Waals surface area (Å²) in [5.74, 6) is 0.698. The van der Waals surface area contributed by atoms with Crippen LogP contribution in [-0.2, 0) is 6.42 Å². The van der Waals surface area contributed by atoms with Crippen LogP contribution in [0.4, 0.5) is 10.1 Å². The molecule has 41 heavy (non-hydrogen) atoms. The van der Waals surface area contributed by atoms with Crippen LogP contribution in [0.3, 0.4) is 0 Å². The van der Waals surface area contributed by atoms with Crippen LogP contribution in [0.2, 0.25) is 0 Å². The van der Waals surface area contributed by atoms with Crippen molar-refractivity contribution in [1.29, 1.82) is 0 Å². The van der Waals surface area contributed by atoms with Crippen molar-refractivity contribution in [2.45, 2.75) is 25.8 Å². The molecule has 3 aromatic carbocycles. The Kier molecular flexibility index (Phi) is 5.90. The number of hydrogen-bond acceptors (Lipinski definition) is 6. The lowest BCUT2D eigenvalue weighted by Crippen LogP contribution is -2.38. The smallest absolute Gasteiger partial charge is 0.271 e. The second-order valence-corrected chi connectivity index (χ2v) is 11.1. The summed E-state index contributed by atoms with van der Waals surface area (Å²) in [6.45, 7) is 1.79. The van der Waals surface area contributed by atoms with Gasteiger partial charge in [-0.1, -0.05) is 47.7 Å². The van der Waals surface area contributed by atoms with Crippen LogP contribution in [0.15, 0.2) is 98.6 Å². The molecule has 0 radical (unpaired) electrons. The maximum atomic E-state index is 13.9. The monoisotopic (exact) mass is 563 g/mol. The number of allylic oxidation sites excluding steroid dienone is 1. The number of nitro groups is 1. The van der Waals surface area contributed by atoms with Gasteiger partial charge in [-0.15, -0.1) is 0 Å². The number of rotatable bonds is 4. The van der Waals surface area contributed by atoms with Crippen molar-refractivity contribution >= 4 is 28.8 Å². The fraction of sp³-hybridized carbons (Fsp3) is 0.125. The van der Waals surface area contributed by atoms with E-state index in [4.69, 9.17) is 9.41 Å². The topological polar surface area (TPSA) is 90.6 Å². The van der Waals surface area contributed by atoms with Gasteiger partial charge in [-0.3, -0.25) is 19.5 Å². The molecule has 3 heterocycles. The Morgan fingerprint density at radius 3 is 2.63 bits per heavy atom. The first-order valence-electron chi connectivity index (χ1n) is 13.1. The molecule has 0 spiro atoms. The van der Waals surface area contributed by atoms with E-state index in [-0.39, 0.29) is 17.1 Å². The molecular formula is C32H22FN3O4S. The highest BCUT2D eigenvalue weighted by Crippen LogP contribution is 2.41. The van der Waals surface area contributed by atoms with E-state index in [1.165, 1.54) is 41.2 Å². The van der Waals surface area contributed by atoms with Crippen molar-refractivity contribution in [3.63, 3.8) is 0 Å². The lowest BCUT2D eigenvalue weighted by Gasteiger charge is -2.30. The first-order valence-corrected chi connectivity index (χ1v) is 13.9. The fourth-order valence-electron chi connectivity index (χ4n) is 5.71. The maximum Gasteiger partial charge on any atom is 0.271 e. The Labute approximate surface area is 237 Å². The van der Waals surface area contributed by atoms with Crippen molar-refractivity contribution in [3.8, 4) is 11.3 Å². The lowest BCUT2D eigenvalue weighted by atomic mass is 9.83. The number of benzene rings is 3. The molecule has 7 rings (SSSR count). The van der Waals surface area contributed by atoms with E-state index < -0.39 is 11.0 Å². The highest BCUT2D eigenvalue weighted by Gasteiger charge is 2.32. The fourth-order valence-corrected chi connectivity index (χ4v) is 6.69. The second-order valence-electron chi connectivity index (χ2n) is 10.1. The van der Waals surface area contributed by atoms with Crippen LogP contribution in [0.5, 0.6) is 0 Å². The Hall–Kier alpha value is -4.89. The first kappa shape index (κ1) is 25.1. The number of fused-ring (bicyclic) bond motifs is 3. The van der Waals surface area contributed by atoms with E-state index in [0.717, 1.165) is 40.8 Å². The van der Waals surface area contributed by atoms with Gasteiger partial charge in [0.05, 0.1) is 21.2 Å². The van der Waals surface area contributed by atoms with E-state index in [2.05, 4.69) is 12.1 Å². The van der Waals surface area contributed by atoms with Crippen LogP contribution in [0.1, 0.15) is 40.5 Å². The van der Waals surface area contributed by atoms with Gasteiger partial charge >= 0.3 is 0 Å². The molecule has 0 bridgehead atoms. The number of nitro benzene ring substituents is 1. The standard InChI is InChI=1S/C32H22FN3O4S/c1-18-16-22(36(38)39)11-14-24(18)27-15-12-23(40-27)17-28-31(37)35-30(20-6-9-21(33)10-7-20)26-13-8-19-4-2-3-5-25(19)29(26)34-32(35)41-28/h2-7,9-12,14-17,30H,8,13H2,1H3/b28-17+/t30-/m1/s1. The van der Waals surface area contributed by atoms with Gasteiger partial charge in [0.2, 0.25) is 0 Å². The molecule has 0 saturated carbocycles. The van der Waals surface area contributed by atoms with Crippen molar-refractivity contribution in [3.05, 3.63) is 148 Å². The Bertz CT molecular complexity index is 2090. The number of aromatic nitrogens is 1. The predicted octanol–water partition coefficient (Wildman–Crippen LogP) is 5.93. The third-order valence-electron chi connectivity index (χ3n) is 7.65. The van der Waals surface area contributed by atoms with Gasteiger partial charge < -0.3 is 4.42 Å². The SMILES string of the molecule is Cc1cc([N+](=O)[O-])ccc1-c1ccc(/C=c2/sc3n(c2=O)[C@H](c2ccc(F)cc2)C2=C(N=3)c3ccccc3CC2)o1. The van der Waals surface area contributed by atoms with Crippen LogP contribution >= 0.6 is 11.3 Å². The Morgan fingerprint density at radius 2 is 1.85 bits per heavy atom. The van der Waals surface area contributed by atoms with E-state index in [9.17, 15) is 19.3 Å². The van der Waals surface area contributed by atoms with E-state index in [1.54, 1.807) is 47.9 Å². The average Bonchev–Trinajstić information content (AvgIpc) is 3.56. The van der Waals surface area contributed by atoms with Gasteiger partial charge in [0, 0.05) is 29.3 Å². The maximum absolute atomic E-state index is 13.9. The van der Waals surface area contributed by atoms with Gasteiger partial charge in [-0.05, 0) is 72.4 Å². The Morgan fingerprint density at radius 1 is 1.05 bits per heavy atom.